The van der Waals surface area contributed by atoms with Crippen molar-refractivity contribution in [2.75, 3.05) is 16.8 Å². The molecule has 0 saturated carbocycles. The van der Waals surface area contributed by atoms with Crippen LogP contribution in [0.25, 0.3) is 33.9 Å². The molecule has 44 heavy (non-hydrogen) atoms. The van der Waals surface area contributed by atoms with Gasteiger partial charge in [0.1, 0.15) is 11.5 Å². The van der Waals surface area contributed by atoms with E-state index in [1.165, 1.54) is 12.1 Å². The number of benzene rings is 4. The van der Waals surface area contributed by atoms with Gasteiger partial charge >= 0.3 is 0 Å². The molecule has 2 N–H and O–H groups in total. The standard InChI is InChI=1S/C36H26FN5O2/c37-29-22-24(39-35(43)26-13-5-4-12-25(26)23-10-2-1-3-11-23)17-18-27(29)36(44)42-21-19-30-33(28-14-6-7-16-32(28)42)41-34(40-30)31-15-8-9-20-38-31/h1-18,20,22H,19,21H2,(H,39,43)(H,40,41). The summed E-state index contributed by atoms with van der Waals surface area (Å²) >= 11 is 0. The van der Waals surface area contributed by atoms with Crippen LogP contribution in [0.5, 0.6) is 0 Å². The molecule has 0 radical (unpaired) electrons. The maximum atomic E-state index is 15.5. The molecule has 2 aromatic heterocycles. The Labute approximate surface area is 253 Å². The number of nitrogens with one attached hydrogen (secondary N) is 2. The molecular formula is C36H26FN5O2. The van der Waals surface area contributed by atoms with Gasteiger partial charge in [-0.15, -0.1) is 0 Å². The van der Waals surface area contributed by atoms with Crippen molar-refractivity contribution in [2.24, 2.45) is 0 Å². The van der Waals surface area contributed by atoms with Crippen LogP contribution in [0.1, 0.15) is 26.4 Å². The molecule has 1 aliphatic rings. The fraction of sp³-hybridized carbons (Fsp3) is 0.0556. The Kier molecular flexibility index (Phi) is 7.00. The first-order valence-electron chi connectivity index (χ1n) is 14.2. The SMILES string of the molecule is O=C(Nc1ccc(C(=O)N2CCc3nc(-c4ccccn4)[nH]c3-c3ccccc32)c(F)c1)c1ccccc1-c1ccccc1. The number of H-pyrrole nitrogens is 1. The Morgan fingerprint density at radius 3 is 2.34 bits per heavy atom. The molecule has 2 amide bonds. The number of hydrogen-bond acceptors (Lipinski definition) is 4. The molecule has 1 aliphatic heterocycles. The lowest BCUT2D eigenvalue weighted by Gasteiger charge is -2.23. The van der Waals surface area contributed by atoms with Gasteiger partial charge < -0.3 is 15.2 Å². The average Bonchev–Trinajstić information content (AvgIpc) is 3.43. The van der Waals surface area contributed by atoms with E-state index in [1.807, 2.05) is 84.9 Å². The van der Waals surface area contributed by atoms with E-state index in [-0.39, 0.29) is 17.2 Å². The Morgan fingerprint density at radius 1 is 0.795 bits per heavy atom. The first-order chi connectivity index (χ1) is 21.6. The van der Waals surface area contributed by atoms with E-state index in [9.17, 15) is 9.59 Å². The lowest BCUT2D eigenvalue weighted by Crippen LogP contribution is -2.33. The van der Waals surface area contributed by atoms with Crippen LogP contribution >= 0.6 is 0 Å². The van der Waals surface area contributed by atoms with Gasteiger partial charge in [0.15, 0.2) is 5.82 Å². The van der Waals surface area contributed by atoms with Crippen molar-refractivity contribution in [3.8, 4) is 33.9 Å². The van der Waals surface area contributed by atoms with Crippen molar-refractivity contribution in [1.82, 2.24) is 15.0 Å². The number of halogens is 1. The summed E-state index contributed by atoms with van der Waals surface area (Å²) in [5, 5.41) is 2.79. The molecule has 7 nitrogen and oxygen atoms in total. The molecule has 3 heterocycles. The minimum Gasteiger partial charge on any atom is -0.336 e. The minimum atomic E-state index is -0.722. The van der Waals surface area contributed by atoms with Gasteiger partial charge in [0.25, 0.3) is 11.8 Å². The van der Waals surface area contributed by atoms with Gasteiger partial charge in [-0.3, -0.25) is 14.6 Å². The number of aromatic nitrogens is 3. The van der Waals surface area contributed by atoms with Crippen molar-refractivity contribution in [1.29, 1.82) is 0 Å². The molecule has 8 heteroatoms. The zero-order valence-electron chi connectivity index (χ0n) is 23.5. The molecule has 0 fully saturated rings. The van der Waals surface area contributed by atoms with Gasteiger partial charge in [-0.25, -0.2) is 9.37 Å². The number of anilines is 2. The molecule has 0 atom stereocenters. The molecule has 0 bridgehead atoms. The topological polar surface area (TPSA) is 91.0 Å². The Morgan fingerprint density at radius 2 is 1.55 bits per heavy atom. The lowest BCUT2D eigenvalue weighted by molar-refractivity contribution is 0.0982. The predicted molar refractivity (Wildman–Crippen MR) is 169 cm³/mol. The van der Waals surface area contributed by atoms with Gasteiger partial charge in [0.2, 0.25) is 0 Å². The number of imidazole rings is 1. The van der Waals surface area contributed by atoms with Crippen molar-refractivity contribution in [2.45, 2.75) is 6.42 Å². The van der Waals surface area contributed by atoms with E-state index >= 15 is 4.39 Å². The summed E-state index contributed by atoms with van der Waals surface area (Å²) in [7, 11) is 0. The molecule has 7 rings (SSSR count). The molecule has 0 saturated heterocycles. The zero-order valence-corrected chi connectivity index (χ0v) is 23.5. The van der Waals surface area contributed by atoms with Crippen LogP contribution in [0.2, 0.25) is 0 Å². The zero-order chi connectivity index (χ0) is 30.0. The number of para-hydroxylation sites is 1. The first kappa shape index (κ1) is 27.0. The van der Waals surface area contributed by atoms with Crippen molar-refractivity contribution < 1.29 is 14.0 Å². The number of pyridine rings is 1. The second-order valence-corrected chi connectivity index (χ2v) is 10.4. The normalized spacial score (nSPS) is 12.2. The number of carbonyl (C=O) groups excluding carboxylic acids is 2. The molecule has 6 aromatic rings. The van der Waals surface area contributed by atoms with Crippen LogP contribution < -0.4 is 10.2 Å². The summed E-state index contributed by atoms with van der Waals surface area (Å²) in [5.41, 5.74) is 6.09. The fourth-order valence-electron chi connectivity index (χ4n) is 5.57. The number of hydrogen-bond donors (Lipinski definition) is 2. The summed E-state index contributed by atoms with van der Waals surface area (Å²) in [6, 6.07) is 34.1. The van der Waals surface area contributed by atoms with Crippen LogP contribution in [0, 0.1) is 5.82 Å². The quantitative estimate of drug-likeness (QED) is 0.223. The maximum absolute atomic E-state index is 15.5. The van der Waals surface area contributed by atoms with E-state index in [2.05, 4.69) is 15.3 Å². The molecule has 0 spiro atoms. The lowest BCUT2D eigenvalue weighted by atomic mass is 9.99. The van der Waals surface area contributed by atoms with Crippen LogP contribution in [-0.2, 0) is 6.42 Å². The second kappa shape index (κ2) is 11.4. The van der Waals surface area contributed by atoms with Gasteiger partial charge in [-0.05, 0) is 53.6 Å². The number of nitrogens with zero attached hydrogens (tertiary/aromatic N) is 3. The van der Waals surface area contributed by atoms with E-state index < -0.39 is 11.7 Å². The van der Waals surface area contributed by atoms with Crippen LogP contribution in [0.15, 0.2) is 121 Å². The number of carbonyl (C=O) groups is 2. The third-order valence-corrected chi connectivity index (χ3v) is 7.68. The van der Waals surface area contributed by atoms with Crippen LogP contribution in [-0.4, -0.2) is 33.3 Å². The number of amides is 2. The summed E-state index contributed by atoms with van der Waals surface area (Å²) in [6.07, 6.45) is 2.18. The molecule has 214 valence electrons. The van der Waals surface area contributed by atoms with Crippen molar-refractivity contribution in [3.05, 3.63) is 144 Å². The molecule has 0 unspecified atom stereocenters. The molecule has 0 aliphatic carbocycles. The highest BCUT2D eigenvalue weighted by Crippen LogP contribution is 2.37. The van der Waals surface area contributed by atoms with Gasteiger partial charge in [-0.2, -0.15) is 0 Å². The summed E-state index contributed by atoms with van der Waals surface area (Å²) < 4.78 is 15.5. The highest BCUT2D eigenvalue weighted by atomic mass is 19.1. The van der Waals surface area contributed by atoms with E-state index in [4.69, 9.17) is 4.98 Å². The largest absolute Gasteiger partial charge is 0.336 e. The monoisotopic (exact) mass is 579 g/mol. The number of fused-ring (bicyclic) bond motifs is 3. The fourth-order valence-corrected chi connectivity index (χ4v) is 5.57. The highest BCUT2D eigenvalue weighted by Gasteiger charge is 2.29. The summed E-state index contributed by atoms with van der Waals surface area (Å²) in [6.45, 7) is 0.309. The van der Waals surface area contributed by atoms with Gasteiger partial charge in [0, 0.05) is 36.0 Å². The number of rotatable bonds is 5. The smallest absolute Gasteiger partial charge is 0.261 e. The Hall–Kier alpha value is -5.89. The number of aromatic amines is 1. The van der Waals surface area contributed by atoms with Crippen LogP contribution in [0.3, 0.4) is 0 Å². The van der Waals surface area contributed by atoms with Gasteiger partial charge in [-0.1, -0.05) is 72.8 Å². The second-order valence-electron chi connectivity index (χ2n) is 10.4. The minimum absolute atomic E-state index is 0.0878. The van der Waals surface area contributed by atoms with E-state index in [0.29, 0.717) is 30.0 Å². The first-order valence-corrected chi connectivity index (χ1v) is 14.2. The van der Waals surface area contributed by atoms with Crippen molar-refractivity contribution in [3.63, 3.8) is 0 Å². The predicted octanol–water partition coefficient (Wildman–Crippen LogP) is 7.40. The summed E-state index contributed by atoms with van der Waals surface area (Å²) in [5.74, 6) is -0.916. The summed E-state index contributed by atoms with van der Waals surface area (Å²) in [4.78, 5) is 41.2. The third-order valence-electron chi connectivity index (χ3n) is 7.68. The van der Waals surface area contributed by atoms with Gasteiger partial charge in [0.05, 0.1) is 22.6 Å². The third kappa shape index (κ3) is 5.03. The van der Waals surface area contributed by atoms with E-state index in [0.717, 1.165) is 33.8 Å². The molecule has 4 aromatic carbocycles. The maximum Gasteiger partial charge on any atom is 0.261 e. The van der Waals surface area contributed by atoms with Crippen molar-refractivity contribution >= 4 is 23.2 Å². The van der Waals surface area contributed by atoms with Crippen LogP contribution in [0.4, 0.5) is 15.8 Å². The van der Waals surface area contributed by atoms with E-state index in [1.54, 1.807) is 29.3 Å². The average molecular weight is 580 g/mol. The Bertz CT molecular complexity index is 2010. The Balaban J connectivity index is 1.15. The molecular weight excluding hydrogens is 553 g/mol. The highest BCUT2D eigenvalue weighted by molar-refractivity contribution is 6.10.